The molecule has 0 bridgehead atoms. The third kappa shape index (κ3) is 5.15. The molecule has 0 aliphatic heterocycles. The molecule has 1 aromatic rings. The van der Waals surface area contributed by atoms with Crippen LogP contribution in [-0.2, 0) is 10.2 Å². The standard InChI is InChI=1S/C17H25ClN2O.ClH/c18-15-8-6-14(7-9-15)17(10-2-1-3-11-17)13-20-16(21)5-4-12-19;/h6-9H,1-5,10-13,19H2,(H,20,21);1H. The van der Waals surface area contributed by atoms with E-state index >= 15 is 0 Å². The number of benzene rings is 1. The minimum absolute atomic E-state index is 0. The Labute approximate surface area is 144 Å². The predicted octanol–water partition coefficient (Wildman–Crippen LogP) is 3.82. The predicted molar refractivity (Wildman–Crippen MR) is 94.8 cm³/mol. The van der Waals surface area contributed by atoms with E-state index in [1.54, 1.807) is 0 Å². The summed E-state index contributed by atoms with van der Waals surface area (Å²) in [5.41, 5.74) is 6.82. The minimum Gasteiger partial charge on any atom is -0.355 e. The van der Waals surface area contributed by atoms with Crippen molar-refractivity contribution < 1.29 is 4.79 Å². The zero-order valence-electron chi connectivity index (χ0n) is 12.9. The molecule has 0 radical (unpaired) electrons. The molecule has 1 aliphatic carbocycles. The Morgan fingerprint density at radius 3 is 2.41 bits per heavy atom. The zero-order valence-corrected chi connectivity index (χ0v) is 14.5. The van der Waals surface area contributed by atoms with Gasteiger partial charge in [-0.25, -0.2) is 0 Å². The van der Waals surface area contributed by atoms with Gasteiger partial charge in [0.25, 0.3) is 0 Å². The van der Waals surface area contributed by atoms with E-state index < -0.39 is 0 Å². The van der Waals surface area contributed by atoms with Crippen LogP contribution in [-0.4, -0.2) is 19.0 Å². The van der Waals surface area contributed by atoms with Crippen molar-refractivity contribution in [3.63, 3.8) is 0 Å². The van der Waals surface area contributed by atoms with Crippen molar-refractivity contribution in [3.05, 3.63) is 34.9 Å². The lowest BCUT2D eigenvalue weighted by atomic mass is 9.69. The van der Waals surface area contributed by atoms with Crippen LogP contribution in [0.2, 0.25) is 5.02 Å². The van der Waals surface area contributed by atoms with Gasteiger partial charge < -0.3 is 11.1 Å². The van der Waals surface area contributed by atoms with Crippen molar-refractivity contribution in [2.75, 3.05) is 13.1 Å². The highest BCUT2D eigenvalue weighted by atomic mass is 35.5. The molecular weight excluding hydrogens is 319 g/mol. The fourth-order valence-corrected chi connectivity index (χ4v) is 3.34. The van der Waals surface area contributed by atoms with E-state index in [9.17, 15) is 4.79 Å². The van der Waals surface area contributed by atoms with Gasteiger partial charge in [-0.3, -0.25) is 4.79 Å². The molecule has 0 aromatic heterocycles. The van der Waals surface area contributed by atoms with E-state index in [-0.39, 0.29) is 23.7 Å². The number of nitrogens with one attached hydrogen (secondary N) is 1. The molecule has 0 atom stereocenters. The first-order valence-corrected chi connectivity index (χ1v) is 8.27. The fourth-order valence-electron chi connectivity index (χ4n) is 3.22. The maximum absolute atomic E-state index is 11.9. The molecule has 1 saturated carbocycles. The smallest absolute Gasteiger partial charge is 0.220 e. The number of nitrogens with two attached hydrogens (primary N) is 1. The van der Waals surface area contributed by atoms with Gasteiger partial charge in [0.05, 0.1) is 0 Å². The summed E-state index contributed by atoms with van der Waals surface area (Å²) in [7, 11) is 0. The van der Waals surface area contributed by atoms with Crippen LogP contribution in [0.1, 0.15) is 50.5 Å². The Hall–Kier alpha value is -0.770. The number of carbonyl (C=O) groups excluding carboxylic acids is 1. The molecule has 2 rings (SSSR count). The van der Waals surface area contributed by atoms with Crippen LogP contribution in [0.25, 0.3) is 0 Å². The highest BCUT2D eigenvalue weighted by Gasteiger charge is 2.34. The fraction of sp³-hybridized carbons (Fsp3) is 0.588. The molecule has 1 fully saturated rings. The minimum atomic E-state index is 0. The van der Waals surface area contributed by atoms with Gasteiger partial charge in [0, 0.05) is 23.4 Å². The first-order valence-electron chi connectivity index (χ1n) is 7.89. The Morgan fingerprint density at radius 2 is 1.82 bits per heavy atom. The van der Waals surface area contributed by atoms with Gasteiger partial charge in [0.2, 0.25) is 5.91 Å². The number of hydrogen-bond donors (Lipinski definition) is 2. The quantitative estimate of drug-likeness (QED) is 0.824. The van der Waals surface area contributed by atoms with Crippen LogP contribution in [0.5, 0.6) is 0 Å². The molecule has 0 heterocycles. The van der Waals surface area contributed by atoms with Gasteiger partial charge >= 0.3 is 0 Å². The van der Waals surface area contributed by atoms with Gasteiger partial charge in [0.15, 0.2) is 0 Å². The Morgan fingerprint density at radius 1 is 1.18 bits per heavy atom. The molecule has 1 aromatic carbocycles. The first kappa shape index (κ1) is 19.3. The van der Waals surface area contributed by atoms with Gasteiger partial charge in [-0.05, 0) is 43.5 Å². The van der Waals surface area contributed by atoms with Crippen molar-refractivity contribution >= 4 is 29.9 Å². The molecular formula is C17H26Cl2N2O. The van der Waals surface area contributed by atoms with Crippen LogP contribution in [0, 0.1) is 0 Å². The average molecular weight is 345 g/mol. The Bertz CT molecular complexity index is 456. The number of hydrogen-bond acceptors (Lipinski definition) is 2. The molecule has 22 heavy (non-hydrogen) atoms. The van der Waals surface area contributed by atoms with Gasteiger partial charge in [-0.2, -0.15) is 0 Å². The Kier molecular flexibility index (Phi) is 8.23. The first-order chi connectivity index (χ1) is 10.2. The largest absolute Gasteiger partial charge is 0.355 e. The van der Waals surface area contributed by atoms with Crippen molar-refractivity contribution in [2.24, 2.45) is 5.73 Å². The second-order valence-electron chi connectivity index (χ2n) is 6.02. The molecule has 1 aliphatic rings. The summed E-state index contributed by atoms with van der Waals surface area (Å²) in [5.74, 6) is 0.111. The Balaban J connectivity index is 0.00000242. The highest BCUT2D eigenvalue weighted by Crippen LogP contribution is 2.39. The molecule has 5 heteroatoms. The van der Waals surface area contributed by atoms with E-state index in [1.807, 2.05) is 12.1 Å². The molecule has 124 valence electrons. The summed E-state index contributed by atoms with van der Waals surface area (Å²) >= 11 is 6.00. The topological polar surface area (TPSA) is 55.1 Å². The molecule has 1 amide bonds. The summed E-state index contributed by atoms with van der Waals surface area (Å²) in [6, 6.07) is 8.12. The van der Waals surface area contributed by atoms with Crippen molar-refractivity contribution in [1.82, 2.24) is 5.32 Å². The zero-order chi connectivity index (χ0) is 15.1. The van der Waals surface area contributed by atoms with E-state index in [0.29, 0.717) is 13.0 Å². The lowest BCUT2D eigenvalue weighted by molar-refractivity contribution is -0.121. The highest BCUT2D eigenvalue weighted by molar-refractivity contribution is 6.30. The number of halogens is 2. The average Bonchev–Trinajstić information content (AvgIpc) is 2.52. The lowest BCUT2D eigenvalue weighted by Crippen LogP contribution is -2.42. The lowest BCUT2D eigenvalue weighted by Gasteiger charge is -2.38. The maximum Gasteiger partial charge on any atom is 0.220 e. The van der Waals surface area contributed by atoms with Gasteiger partial charge in [-0.1, -0.05) is 43.0 Å². The van der Waals surface area contributed by atoms with Crippen LogP contribution < -0.4 is 11.1 Å². The summed E-state index contributed by atoms with van der Waals surface area (Å²) in [4.78, 5) is 11.9. The molecule has 0 spiro atoms. The number of amides is 1. The third-order valence-electron chi connectivity index (χ3n) is 4.50. The van der Waals surface area contributed by atoms with E-state index in [0.717, 1.165) is 30.8 Å². The normalized spacial score (nSPS) is 16.6. The molecule has 3 nitrogen and oxygen atoms in total. The van der Waals surface area contributed by atoms with Crippen molar-refractivity contribution in [1.29, 1.82) is 0 Å². The van der Waals surface area contributed by atoms with E-state index in [4.69, 9.17) is 17.3 Å². The number of rotatable bonds is 6. The SMILES string of the molecule is Cl.NCCCC(=O)NCC1(c2ccc(Cl)cc2)CCCCC1. The molecule has 0 unspecified atom stereocenters. The van der Waals surface area contributed by atoms with Crippen LogP contribution in [0.3, 0.4) is 0 Å². The summed E-state index contributed by atoms with van der Waals surface area (Å²) < 4.78 is 0. The monoisotopic (exact) mass is 344 g/mol. The second kappa shape index (κ2) is 9.39. The van der Waals surface area contributed by atoms with Gasteiger partial charge in [-0.15, -0.1) is 12.4 Å². The molecule has 3 N–H and O–H groups in total. The van der Waals surface area contributed by atoms with Crippen molar-refractivity contribution in [2.45, 2.75) is 50.4 Å². The number of carbonyl (C=O) groups is 1. The van der Waals surface area contributed by atoms with E-state index in [2.05, 4.69) is 17.4 Å². The maximum atomic E-state index is 11.9. The van der Waals surface area contributed by atoms with Crippen LogP contribution in [0.4, 0.5) is 0 Å². The third-order valence-corrected chi connectivity index (χ3v) is 4.75. The van der Waals surface area contributed by atoms with E-state index in [1.165, 1.54) is 24.8 Å². The van der Waals surface area contributed by atoms with Crippen LogP contribution in [0.15, 0.2) is 24.3 Å². The summed E-state index contributed by atoms with van der Waals surface area (Å²) in [6.45, 7) is 1.29. The summed E-state index contributed by atoms with van der Waals surface area (Å²) in [5, 5.41) is 3.87. The van der Waals surface area contributed by atoms with Gasteiger partial charge in [0.1, 0.15) is 0 Å². The van der Waals surface area contributed by atoms with Crippen LogP contribution >= 0.6 is 24.0 Å². The second-order valence-corrected chi connectivity index (χ2v) is 6.45. The van der Waals surface area contributed by atoms with Crippen molar-refractivity contribution in [3.8, 4) is 0 Å². The summed E-state index contributed by atoms with van der Waals surface area (Å²) in [6.07, 6.45) is 7.27. The molecule has 0 saturated heterocycles.